The Morgan fingerprint density at radius 2 is 1.72 bits per heavy atom. The SMILES string of the molecule is O=C(/C=C/c1ccc(F)c(Cl)c1)N1CCN(c2ccccc2Cl)CC1. The topological polar surface area (TPSA) is 23.6 Å². The van der Waals surface area contributed by atoms with Crippen LogP contribution < -0.4 is 4.90 Å². The van der Waals surface area contributed by atoms with Gasteiger partial charge in [-0.2, -0.15) is 0 Å². The predicted octanol–water partition coefficient (Wildman–Crippen LogP) is 4.49. The van der Waals surface area contributed by atoms with Gasteiger partial charge in [0.05, 0.1) is 15.7 Å². The zero-order valence-electron chi connectivity index (χ0n) is 13.5. The fraction of sp³-hybridized carbons (Fsp3) is 0.211. The van der Waals surface area contributed by atoms with E-state index < -0.39 is 5.82 Å². The number of halogens is 3. The fourth-order valence-corrected chi connectivity index (χ4v) is 3.21. The van der Waals surface area contributed by atoms with Crippen molar-refractivity contribution in [3.63, 3.8) is 0 Å². The Balaban J connectivity index is 1.59. The first-order valence-corrected chi connectivity index (χ1v) is 8.72. The van der Waals surface area contributed by atoms with Crippen LogP contribution in [0.5, 0.6) is 0 Å². The second kappa shape index (κ2) is 7.89. The van der Waals surface area contributed by atoms with Crippen molar-refractivity contribution in [2.45, 2.75) is 0 Å². The second-order valence-electron chi connectivity index (χ2n) is 5.77. The zero-order chi connectivity index (χ0) is 17.8. The minimum absolute atomic E-state index is 0.0444. The summed E-state index contributed by atoms with van der Waals surface area (Å²) in [6, 6.07) is 12.1. The average molecular weight is 379 g/mol. The summed E-state index contributed by atoms with van der Waals surface area (Å²) in [5, 5.41) is 0.762. The molecular formula is C19H17Cl2FN2O. The standard InChI is InChI=1S/C19H17Cl2FN2O/c20-15-3-1-2-4-18(15)23-9-11-24(12-10-23)19(25)8-6-14-5-7-17(22)16(21)13-14/h1-8,13H,9-12H2/b8-6+. The van der Waals surface area contributed by atoms with Crippen molar-refractivity contribution in [3.05, 3.63) is 70.0 Å². The Bertz CT molecular complexity index is 802. The number of benzene rings is 2. The average Bonchev–Trinajstić information content (AvgIpc) is 2.63. The number of nitrogens with zero attached hydrogens (tertiary/aromatic N) is 2. The summed E-state index contributed by atoms with van der Waals surface area (Å²) < 4.78 is 13.1. The molecule has 1 fully saturated rings. The van der Waals surface area contributed by atoms with Crippen LogP contribution in [0.4, 0.5) is 10.1 Å². The molecule has 6 heteroatoms. The van der Waals surface area contributed by atoms with Gasteiger partial charge in [0.15, 0.2) is 0 Å². The number of piperazine rings is 1. The Morgan fingerprint density at radius 3 is 2.40 bits per heavy atom. The first-order valence-electron chi connectivity index (χ1n) is 7.96. The highest BCUT2D eigenvalue weighted by Gasteiger charge is 2.20. The highest BCUT2D eigenvalue weighted by Crippen LogP contribution is 2.26. The lowest BCUT2D eigenvalue weighted by Crippen LogP contribution is -2.48. The van der Waals surface area contributed by atoms with Gasteiger partial charge in [-0.15, -0.1) is 0 Å². The van der Waals surface area contributed by atoms with Gasteiger partial charge in [-0.3, -0.25) is 4.79 Å². The third kappa shape index (κ3) is 4.33. The molecule has 0 unspecified atom stereocenters. The van der Waals surface area contributed by atoms with Crippen molar-refractivity contribution in [1.82, 2.24) is 4.90 Å². The highest BCUT2D eigenvalue weighted by molar-refractivity contribution is 6.33. The number of amides is 1. The summed E-state index contributed by atoms with van der Waals surface area (Å²) in [7, 11) is 0. The molecule has 130 valence electrons. The number of hydrogen-bond acceptors (Lipinski definition) is 2. The van der Waals surface area contributed by atoms with Gasteiger partial charge in [0.25, 0.3) is 0 Å². The summed E-state index contributed by atoms with van der Waals surface area (Å²) in [6.07, 6.45) is 3.14. The maximum absolute atomic E-state index is 13.1. The van der Waals surface area contributed by atoms with Crippen LogP contribution in [0.2, 0.25) is 10.0 Å². The molecule has 0 bridgehead atoms. The maximum Gasteiger partial charge on any atom is 0.246 e. The van der Waals surface area contributed by atoms with Gasteiger partial charge < -0.3 is 9.80 Å². The Labute approximate surface area is 156 Å². The Kier molecular flexibility index (Phi) is 5.61. The molecule has 0 spiro atoms. The van der Waals surface area contributed by atoms with Crippen molar-refractivity contribution in [2.75, 3.05) is 31.1 Å². The van der Waals surface area contributed by atoms with Crippen LogP contribution in [-0.2, 0) is 4.79 Å². The van der Waals surface area contributed by atoms with Crippen molar-refractivity contribution in [2.24, 2.45) is 0 Å². The first-order chi connectivity index (χ1) is 12.0. The zero-order valence-corrected chi connectivity index (χ0v) is 15.0. The lowest BCUT2D eigenvalue weighted by atomic mass is 10.2. The Morgan fingerprint density at radius 1 is 1.00 bits per heavy atom. The van der Waals surface area contributed by atoms with Crippen LogP contribution in [0.1, 0.15) is 5.56 Å². The lowest BCUT2D eigenvalue weighted by Gasteiger charge is -2.36. The van der Waals surface area contributed by atoms with Gasteiger partial charge in [-0.25, -0.2) is 4.39 Å². The third-order valence-electron chi connectivity index (χ3n) is 4.15. The van der Waals surface area contributed by atoms with E-state index in [4.69, 9.17) is 23.2 Å². The number of carbonyl (C=O) groups is 1. The second-order valence-corrected chi connectivity index (χ2v) is 6.59. The molecule has 0 radical (unpaired) electrons. The molecule has 0 atom stereocenters. The molecule has 2 aromatic rings. The van der Waals surface area contributed by atoms with Gasteiger partial charge in [-0.1, -0.05) is 41.4 Å². The van der Waals surface area contributed by atoms with Gasteiger partial charge in [0, 0.05) is 32.3 Å². The quantitative estimate of drug-likeness (QED) is 0.734. The first kappa shape index (κ1) is 17.8. The smallest absolute Gasteiger partial charge is 0.246 e. The molecule has 1 aliphatic heterocycles. The molecule has 1 amide bonds. The fourth-order valence-electron chi connectivity index (χ4n) is 2.76. The van der Waals surface area contributed by atoms with Crippen molar-refractivity contribution in [3.8, 4) is 0 Å². The van der Waals surface area contributed by atoms with E-state index in [1.54, 1.807) is 17.0 Å². The predicted molar refractivity (Wildman–Crippen MR) is 101 cm³/mol. The van der Waals surface area contributed by atoms with Crippen LogP contribution in [0.15, 0.2) is 48.5 Å². The number of hydrogen-bond donors (Lipinski definition) is 0. The van der Waals surface area contributed by atoms with E-state index in [2.05, 4.69) is 4.90 Å². The molecule has 1 aliphatic rings. The normalized spacial score (nSPS) is 15.0. The number of rotatable bonds is 3. The molecule has 25 heavy (non-hydrogen) atoms. The number of carbonyl (C=O) groups excluding carboxylic acids is 1. The summed E-state index contributed by atoms with van der Waals surface area (Å²) in [4.78, 5) is 16.3. The van der Waals surface area contributed by atoms with E-state index in [1.807, 2.05) is 24.3 Å². The molecule has 0 aliphatic carbocycles. The van der Waals surface area contributed by atoms with Crippen LogP contribution in [0.25, 0.3) is 6.08 Å². The summed E-state index contributed by atoms with van der Waals surface area (Å²) >= 11 is 12.0. The van der Waals surface area contributed by atoms with E-state index in [0.29, 0.717) is 18.7 Å². The van der Waals surface area contributed by atoms with Gasteiger partial charge >= 0.3 is 0 Å². The minimum atomic E-state index is -0.471. The molecule has 3 rings (SSSR count). The molecular weight excluding hydrogens is 362 g/mol. The van der Waals surface area contributed by atoms with Crippen LogP contribution >= 0.6 is 23.2 Å². The molecule has 0 aromatic heterocycles. The third-order valence-corrected chi connectivity index (χ3v) is 4.76. The summed E-state index contributed by atoms with van der Waals surface area (Å²) in [5.41, 5.74) is 1.68. The van der Waals surface area contributed by atoms with Crippen LogP contribution in [0.3, 0.4) is 0 Å². The summed E-state index contributed by atoms with van der Waals surface area (Å²) in [5.74, 6) is -0.542. The monoisotopic (exact) mass is 378 g/mol. The largest absolute Gasteiger partial charge is 0.367 e. The van der Waals surface area contributed by atoms with Crippen LogP contribution in [-0.4, -0.2) is 37.0 Å². The molecule has 3 nitrogen and oxygen atoms in total. The number of anilines is 1. The van der Waals surface area contributed by atoms with E-state index >= 15 is 0 Å². The van der Waals surface area contributed by atoms with E-state index in [-0.39, 0.29) is 10.9 Å². The van der Waals surface area contributed by atoms with Gasteiger partial charge in [0.2, 0.25) is 5.91 Å². The van der Waals surface area contributed by atoms with Crippen LogP contribution in [0, 0.1) is 5.82 Å². The molecule has 1 saturated heterocycles. The number of para-hydroxylation sites is 1. The van der Waals surface area contributed by atoms with E-state index in [0.717, 1.165) is 23.8 Å². The maximum atomic E-state index is 13.1. The molecule has 2 aromatic carbocycles. The van der Waals surface area contributed by atoms with Crippen molar-refractivity contribution >= 4 is 40.9 Å². The van der Waals surface area contributed by atoms with E-state index in [1.165, 1.54) is 18.2 Å². The molecule has 1 heterocycles. The lowest BCUT2D eigenvalue weighted by molar-refractivity contribution is -0.126. The molecule has 0 saturated carbocycles. The highest BCUT2D eigenvalue weighted by atomic mass is 35.5. The van der Waals surface area contributed by atoms with E-state index in [9.17, 15) is 9.18 Å². The minimum Gasteiger partial charge on any atom is -0.367 e. The van der Waals surface area contributed by atoms with Gasteiger partial charge in [0.1, 0.15) is 5.82 Å². The van der Waals surface area contributed by atoms with Crippen molar-refractivity contribution in [1.29, 1.82) is 0 Å². The van der Waals surface area contributed by atoms with Gasteiger partial charge in [-0.05, 0) is 35.9 Å². The molecule has 0 N–H and O–H groups in total. The Hall–Kier alpha value is -2.04. The van der Waals surface area contributed by atoms with Crippen molar-refractivity contribution < 1.29 is 9.18 Å². The summed E-state index contributed by atoms with van der Waals surface area (Å²) in [6.45, 7) is 2.70.